The smallest absolute Gasteiger partial charge is 0.227 e. The Hall–Kier alpha value is -2.41. The maximum absolute atomic E-state index is 12.8. The van der Waals surface area contributed by atoms with E-state index in [1.54, 1.807) is 24.3 Å². The van der Waals surface area contributed by atoms with Crippen LogP contribution in [0.1, 0.15) is 18.4 Å². The van der Waals surface area contributed by atoms with Crippen molar-refractivity contribution in [2.24, 2.45) is 5.92 Å². The number of hydrogen-bond donors (Lipinski definition) is 1. The number of benzene rings is 3. The van der Waals surface area contributed by atoms with Gasteiger partial charge in [0.2, 0.25) is 15.9 Å². The highest BCUT2D eigenvalue weighted by molar-refractivity contribution is 7.88. The Kier molecular flexibility index (Phi) is 6.09. The van der Waals surface area contributed by atoms with Crippen LogP contribution in [0.4, 0.5) is 5.69 Å². The van der Waals surface area contributed by atoms with E-state index in [0.717, 1.165) is 16.5 Å². The van der Waals surface area contributed by atoms with Gasteiger partial charge in [-0.1, -0.05) is 60.1 Å². The van der Waals surface area contributed by atoms with Gasteiger partial charge in [0.1, 0.15) is 0 Å². The second-order valence-corrected chi connectivity index (χ2v) is 9.95. The molecule has 0 atom stereocenters. The average molecular weight is 443 g/mol. The molecule has 5 nitrogen and oxygen atoms in total. The van der Waals surface area contributed by atoms with Crippen molar-refractivity contribution in [3.8, 4) is 0 Å². The van der Waals surface area contributed by atoms with Crippen molar-refractivity contribution in [1.82, 2.24) is 4.31 Å². The van der Waals surface area contributed by atoms with Gasteiger partial charge < -0.3 is 5.32 Å². The lowest BCUT2D eigenvalue weighted by molar-refractivity contribution is -0.120. The lowest BCUT2D eigenvalue weighted by Gasteiger charge is -2.30. The fourth-order valence-electron chi connectivity index (χ4n) is 3.81. The van der Waals surface area contributed by atoms with E-state index in [9.17, 15) is 13.2 Å². The number of nitrogens with one attached hydrogen (secondary N) is 1. The maximum atomic E-state index is 12.8. The Morgan fingerprint density at radius 3 is 2.37 bits per heavy atom. The summed E-state index contributed by atoms with van der Waals surface area (Å²) < 4.78 is 27.0. The molecule has 0 aliphatic carbocycles. The summed E-state index contributed by atoms with van der Waals surface area (Å²) in [6.07, 6.45) is 1.00. The summed E-state index contributed by atoms with van der Waals surface area (Å²) in [6, 6.07) is 20.8. The molecule has 0 spiro atoms. The molecule has 0 aromatic heterocycles. The number of sulfonamides is 1. The molecule has 156 valence electrons. The number of piperidine rings is 1. The maximum Gasteiger partial charge on any atom is 0.227 e. The zero-order valence-corrected chi connectivity index (χ0v) is 18.0. The first kappa shape index (κ1) is 20.8. The zero-order chi connectivity index (χ0) is 21.1. The number of nitrogens with zero attached hydrogens (tertiary/aromatic N) is 1. The van der Waals surface area contributed by atoms with Gasteiger partial charge in [0, 0.05) is 29.7 Å². The van der Waals surface area contributed by atoms with Crippen LogP contribution in [-0.2, 0) is 20.6 Å². The monoisotopic (exact) mass is 442 g/mol. The molecule has 30 heavy (non-hydrogen) atoms. The molecule has 1 saturated heterocycles. The van der Waals surface area contributed by atoms with Crippen LogP contribution in [0, 0.1) is 5.92 Å². The SMILES string of the molecule is O=C(Nc1ccc2ccccc2c1)C1CCN(S(=O)(=O)Cc2ccccc2Cl)CC1. The van der Waals surface area contributed by atoms with E-state index in [1.165, 1.54) is 4.31 Å². The number of carbonyl (C=O) groups excluding carboxylic acids is 1. The van der Waals surface area contributed by atoms with Gasteiger partial charge in [-0.15, -0.1) is 0 Å². The summed E-state index contributed by atoms with van der Waals surface area (Å²) in [6.45, 7) is 0.672. The van der Waals surface area contributed by atoms with E-state index in [-0.39, 0.29) is 17.6 Å². The van der Waals surface area contributed by atoms with Crippen molar-refractivity contribution in [3.63, 3.8) is 0 Å². The fourth-order valence-corrected chi connectivity index (χ4v) is 5.69. The number of amides is 1. The third-order valence-electron chi connectivity index (χ3n) is 5.53. The second kappa shape index (κ2) is 8.76. The third-order valence-corrected chi connectivity index (χ3v) is 7.73. The Morgan fingerprint density at radius 2 is 1.63 bits per heavy atom. The Morgan fingerprint density at radius 1 is 0.967 bits per heavy atom. The summed E-state index contributed by atoms with van der Waals surface area (Å²) in [7, 11) is -3.47. The molecule has 1 fully saturated rings. The van der Waals surface area contributed by atoms with Gasteiger partial charge in [0.25, 0.3) is 0 Å². The summed E-state index contributed by atoms with van der Waals surface area (Å²) in [5, 5.41) is 5.61. The normalized spacial score (nSPS) is 15.9. The lowest BCUT2D eigenvalue weighted by Crippen LogP contribution is -2.41. The van der Waals surface area contributed by atoms with Gasteiger partial charge in [0.15, 0.2) is 0 Å². The molecule has 0 saturated carbocycles. The number of anilines is 1. The van der Waals surface area contributed by atoms with Crippen LogP contribution in [0.3, 0.4) is 0 Å². The fraction of sp³-hybridized carbons (Fsp3) is 0.261. The quantitative estimate of drug-likeness (QED) is 0.624. The van der Waals surface area contributed by atoms with Gasteiger partial charge in [0.05, 0.1) is 5.75 Å². The highest BCUT2D eigenvalue weighted by Crippen LogP contribution is 2.26. The molecule has 0 unspecified atom stereocenters. The molecule has 1 heterocycles. The first-order chi connectivity index (χ1) is 14.4. The van der Waals surface area contributed by atoms with Crippen molar-refractivity contribution in [3.05, 3.63) is 77.3 Å². The molecule has 3 aromatic carbocycles. The zero-order valence-electron chi connectivity index (χ0n) is 16.4. The van der Waals surface area contributed by atoms with Crippen molar-refractivity contribution in [2.45, 2.75) is 18.6 Å². The molecule has 1 amide bonds. The van der Waals surface area contributed by atoms with Crippen molar-refractivity contribution in [2.75, 3.05) is 18.4 Å². The molecule has 0 bridgehead atoms. The molecule has 1 aliphatic heterocycles. The van der Waals surface area contributed by atoms with Gasteiger partial charge >= 0.3 is 0 Å². The highest BCUT2D eigenvalue weighted by Gasteiger charge is 2.31. The van der Waals surface area contributed by atoms with E-state index in [1.807, 2.05) is 42.5 Å². The Bertz CT molecular complexity index is 1170. The van der Waals surface area contributed by atoms with Crippen LogP contribution in [-0.4, -0.2) is 31.7 Å². The predicted molar refractivity (Wildman–Crippen MR) is 121 cm³/mol. The van der Waals surface area contributed by atoms with Crippen LogP contribution in [0.5, 0.6) is 0 Å². The summed E-state index contributed by atoms with van der Waals surface area (Å²) in [5.41, 5.74) is 1.35. The van der Waals surface area contributed by atoms with Crippen molar-refractivity contribution >= 4 is 44.0 Å². The van der Waals surface area contributed by atoms with Crippen molar-refractivity contribution < 1.29 is 13.2 Å². The molecule has 1 N–H and O–H groups in total. The summed E-state index contributed by atoms with van der Waals surface area (Å²) >= 11 is 6.11. The minimum atomic E-state index is -3.47. The van der Waals surface area contributed by atoms with Gasteiger partial charge in [-0.25, -0.2) is 12.7 Å². The number of hydrogen-bond acceptors (Lipinski definition) is 3. The topological polar surface area (TPSA) is 66.5 Å². The first-order valence-corrected chi connectivity index (χ1v) is 11.9. The van der Waals surface area contributed by atoms with Crippen molar-refractivity contribution in [1.29, 1.82) is 0 Å². The van der Waals surface area contributed by atoms with Crippen LogP contribution < -0.4 is 5.32 Å². The van der Waals surface area contributed by atoms with E-state index in [4.69, 9.17) is 11.6 Å². The summed E-state index contributed by atoms with van der Waals surface area (Å²) in [5.74, 6) is -0.391. The molecule has 3 aromatic rings. The minimum absolute atomic E-state index is 0.0616. The third kappa shape index (κ3) is 4.67. The molecular weight excluding hydrogens is 420 g/mol. The standard InChI is InChI=1S/C23H23ClN2O3S/c24-22-8-4-3-7-20(22)16-30(28,29)26-13-11-18(12-14-26)23(27)25-21-10-9-17-5-1-2-6-19(17)15-21/h1-10,15,18H,11-14,16H2,(H,25,27). The molecular formula is C23H23ClN2O3S. The number of carbonyl (C=O) groups is 1. The molecule has 7 heteroatoms. The average Bonchev–Trinajstić information content (AvgIpc) is 2.75. The van der Waals surface area contributed by atoms with E-state index < -0.39 is 10.0 Å². The van der Waals surface area contributed by atoms with E-state index in [0.29, 0.717) is 36.5 Å². The largest absolute Gasteiger partial charge is 0.326 e. The number of fused-ring (bicyclic) bond motifs is 1. The van der Waals surface area contributed by atoms with Gasteiger partial charge in [-0.05, 0) is 47.4 Å². The first-order valence-electron chi connectivity index (χ1n) is 9.93. The van der Waals surface area contributed by atoms with Crippen LogP contribution in [0.25, 0.3) is 10.8 Å². The minimum Gasteiger partial charge on any atom is -0.326 e. The van der Waals surface area contributed by atoms with Gasteiger partial charge in [-0.2, -0.15) is 0 Å². The Balaban J connectivity index is 1.36. The number of halogens is 1. The predicted octanol–water partition coefficient (Wildman–Crippen LogP) is 4.67. The second-order valence-electron chi connectivity index (χ2n) is 7.57. The van der Waals surface area contributed by atoms with E-state index >= 15 is 0 Å². The lowest BCUT2D eigenvalue weighted by atomic mass is 9.97. The van der Waals surface area contributed by atoms with Crippen LogP contribution in [0.2, 0.25) is 5.02 Å². The number of rotatable bonds is 5. The van der Waals surface area contributed by atoms with Gasteiger partial charge in [-0.3, -0.25) is 4.79 Å². The van der Waals surface area contributed by atoms with Crippen LogP contribution in [0.15, 0.2) is 66.7 Å². The van der Waals surface area contributed by atoms with Crippen LogP contribution >= 0.6 is 11.6 Å². The van der Waals surface area contributed by atoms with E-state index in [2.05, 4.69) is 5.32 Å². The highest BCUT2D eigenvalue weighted by atomic mass is 35.5. The Labute approximate surface area is 181 Å². The molecule has 4 rings (SSSR count). The summed E-state index contributed by atoms with van der Waals surface area (Å²) in [4.78, 5) is 12.7. The molecule has 1 aliphatic rings. The molecule has 0 radical (unpaired) electrons.